The molecular formula is C16H22N2S. The molecule has 2 aromatic rings. The standard InChI is InChI=1S/C16H22N2S/c1-18(2)15(16-9-6-12-19-16)13-17-11-10-14-7-4-3-5-8-14/h3-9,12,15,17H,10-11,13H2,1-2H3. The molecule has 19 heavy (non-hydrogen) atoms. The Bertz CT molecular complexity index is 451. The fourth-order valence-corrected chi connectivity index (χ4v) is 3.06. The quantitative estimate of drug-likeness (QED) is 0.780. The third-order valence-corrected chi connectivity index (χ3v) is 4.24. The van der Waals surface area contributed by atoms with Crippen LogP contribution < -0.4 is 5.32 Å². The lowest BCUT2D eigenvalue weighted by Crippen LogP contribution is -2.31. The minimum Gasteiger partial charge on any atom is -0.314 e. The van der Waals surface area contributed by atoms with Crippen LogP contribution in [0.1, 0.15) is 16.5 Å². The molecule has 0 aliphatic heterocycles. The van der Waals surface area contributed by atoms with Crippen LogP contribution in [0.5, 0.6) is 0 Å². The largest absolute Gasteiger partial charge is 0.314 e. The van der Waals surface area contributed by atoms with Crippen LogP contribution in [-0.4, -0.2) is 32.1 Å². The van der Waals surface area contributed by atoms with Gasteiger partial charge in [-0.25, -0.2) is 0 Å². The van der Waals surface area contributed by atoms with E-state index in [1.165, 1.54) is 10.4 Å². The average Bonchev–Trinajstić information content (AvgIpc) is 2.93. The molecule has 0 fully saturated rings. The number of thiophene rings is 1. The Balaban J connectivity index is 1.77. The first-order valence-electron chi connectivity index (χ1n) is 6.72. The SMILES string of the molecule is CN(C)C(CNCCc1ccccc1)c1cccs1. The van der Waals surface area contributed by atoms with E-state index in [4.69, 9.17) is 0 Å². The van der Waals surface area contributed by atoms with Crippen LogP contribution in [0.25, 0.3) is 0 Å². The summed E-state index contributed by atoms with van der Waals surface area (Å²) >= 11 is 1.83. The molecule has 0 aliphatic rings. The molecule has 1 heterocycles. The molecule has 0 saturated carbocycles. The molecule has 0 bridgehead atoms. The highest BCUT2D eigenvalue weighted by atomic mass is 32.1. The Kier molecular flexibility index (Phi) is 5.58. The van der Waals surface area contributed by atoms with E-state index >= 15 is 0 Å². The first kappa shape index (κ1) is 14.3. The van der Waals surface area contributed by atoms with Crippen LogP contribution in [0.4, 0.5) is 0 Å². The molecule has 2 nitrogen and oxygen atoms in total. The zero-order valence-electron chi connectivity index (χ0n) is 11.7. The van der Waals surface area contributed by atoms with Gasteiger partial charge in [-0.3, -0.25) is 0 Å². The lowest BCUT2D eigenvalue weighted by molar-refractivity contribution is 0.293. The van der Waals surface area contributed by atoms with Gasteiger partial charge < -0.3 is 10.2 Å². The number of likely N-dealkylation sites (N-methyl/N-ethyl adjacent to an activating group) is 1. The van der Waals surface area contributed by atoms with E-state index in [2.05, 4.69) is 72.2 Å². The van der Waals surface area contributed by atoms with E-state index in [1.54, 1.807) is 0 Å². The second kappa shape index (κ2) is 7.43. The minimum absolute atomic E-state index is 0.468. The highest BCUT2D eigenvalue weighted by Gasteiger charge is 2.14. The fraction of sp³-hybridized carbons (Fsp3) is 0.375. The molecule has 1 atom stereocenters. The van der Waals surface area contributed by atoms with Gasteiger partial charge in [0, 0.05) is 11.4 Å². The normalized spacial score (nSPS) is 12.8. The van der Waals surface area contributed by atoms with Crippen LogP contribution in [0.3, 0.4) is 0 Å². The summed E-state index contributed by atoms with van der Waals surface area (Å²) < 4.78 is 0. The number of nitrogens with one attached hydrogen (secondary N) is 1. The van der Waals surface area contributed by atoms with Crippen molar-refractivity contribution < 1.29 is 0 Å². The zero-order valence-corrected chi connectivity index (χ0v) is 12.5. The summed E-state index contributed by atoms with van der Waals surface area (Å²) in [6.45, 7) is 2.03. The van der Waals surface area contributed by atoms with Crippen LogP contribution >= 0.6 is 11.3 Å². The molecule has 1 N–H and O–H groups in total. The number of hydrogen-bond acceptors (Lipinski definition) is 3. The topological polar surface area (TPSA) is 15.3 Å². The predicted molar refractivity (Wildman–Crippen MR) is 83.8 cm³/mol. The van der Waals surface area contributed by atoms with E-state index in [-0.39, 0.29) is 0 Å². The Morgan fingerprint density at radius 1 is 1.11 bits per heavy atom. The van der Waals surface area contributed by atoms with Gasteiger partial charge in [-0.1, -0.05) is 36.4 Å². The lowest BCUT2D eigenvalue weighted by atomic mass is 10.1. The van der Waals surface area contributed by atoms with Crippen molar-refractivity contribution in [2.45, 2.75) is 12.5 Å². The summed E-state index contributed by atoms with van der Waals surface area (Å²) in [7, 11) is 4.28. The average molecular weight is 274 g/mol. The molecule has 3 heteroatoms. The highest BCUT2D eigenvalue weighted by Crippen LogP contribution is 2.22. The Hall–Kier alpha value is -1.16. The third kappa shape index (κ3) is 4.46. The molecule has 0 saturated heterocycles. The second-order valence-corrected chi connectivity index (χ2v) is 5.91. The molecule has 0 radical (unpaired) electrons. The van der Waals surface area contributed by atoms with Crippen molar-refractivity contribution in [2.75, 3.05) is 27.2 Å². The van der Waals surface area contributed by atoms with Crippen molar-refractivity contribution in [2.24, 2.45) is 0 Å². The van der Waals surface area contributed by atoms with Gasteiger partial charge >= 0.3 is 0 Å². The number of rotatable bonds is 7. The van der Waals surface area contributed by atoms with Gasteiger partial charge in [-0.2, -0.15) is 0 Å². The summed E-state index contributed by atoms with van der Waals surface area (Å²) in [6.07, 6.45) is 1.09. The summed E-state index contributed by atoms with van der Waals surface area (Å²) in [4.78, 5) is 3.71. The molecule has 102 valence electrons. The van der Waals surface area contributed by atoms with E-state index < -0.39 is 0 Å². The zero-order chi connectivity index (χ0) is 13.5. The van der Waals surface area contributed by atoms with E-state index in [9.17, 15) is 0 Å². The van der Waals surface area contributed by atoms with Crippen LogP contribution in [-0.2, 0) is 6.42 Å². The maximum Gasteiger partial charge on any atom is 0.0561 e. The molecule has 2 rings (SSSR count). The van der Waals surface area contributed by atoms with Gasteiger partial charge in [0.1, 0.15) is 0 Å². The second-order valence-electron chi connectivity index (χ2n) is 4.93. The molecular weight excluding hydrogens is 252 g/mol. The Morgan fingerprint density at radius 3 is 2.53 bits per heavy atom. The summed E-state index contributed by atoms with van der Waals surface area (Å²) in [5.41, 5.74) is 1.40. The Morgan fingerprint density at radius 2 is 1.89 bits per heavy atom. The van der Waals surface area contributed by atoms with Gasteiger partial charge in [-0.05, 0) is 44.1 Å². The van der Waals surface area contributed by atoms with Gasteiger partial charge in [0.05, 0.1) is 6.04 Å². The van der Waals surface area contributed by atoms with Crippen molar-refractivity contribution in [3.63, 3.8) is 0 Å². The minimum atomic E-state index is 0.468. The van der Waals surface area contributed by atoms with Crippen LogP contribution in [0.2, 0.25) is 0 Å². The van der Waals surface area contributed by atoms with Gasteiger partial charge in [-0.15, -0.1) is 11.3 Å². The van der Waals surface area contributed by atoms with Crippen molar-refractivity contribution in [1.82, 2.24) is 10.2 Å². The summed E-state index contributed by atoms with van der Waals surface area (Å²) in [6, 6.07) is 15.4. The summed E-state index contributed by atoms with van der Waals surface area (Å²) in [5, 5.41) is 5.72. The molecule has 0 spiro atoms. The van der Waals surface area contributed by atoms with Gasteiger partial charge in [0.15, 0.2) is 0 Å². The molecule has 0 amide bonds. The maximum absolute atomic E-state index is 3.57. The van der Waals surface area contributed by atoms with Crippen molar-refractivity contribution in [3.8, 4) is 0 Å². The Labute approximate surface area is 120 Å². The molecule has 1 aromatic carbocycles. The van der Waals surface area contributed by atoms with Gasteiger partial charge in [0.25, 0.3) is 0 Å². The van der Waals surface area contributed by atoms with E-state index in [0.29, 0.717) is 6.04 Å². The van der Waals surface area contributed by atoms with E-state index in [0.717, 1.165) is 19.5 Å². The fourth-order valence-electron chi connectivity index (χ4n) is 2.13. The van der Waals surface area contributed by atoms with Crippen LogP contribution in [0, 0.1) is 0 Å². The summed E-state index contributed by atoms with van der Waals surface area (Å²) in [5.74, 6) is 0. The molecule has 0 aliphatic carbocycles. The van der Waals surface area contributed by atoms with Crippen LogP contribution in [0.15, 0.2) is 47.8 Å². The first-order chi connectivity index (χ1) is 9.27. The highest BCUT2D eigenvalue weighted by molar-refractivity contribution is 7.10. The van der Waals surface area contributed by atoms with Gasteiger partial charge in [0.2, 0.25) is 0 Å². The first-order valence-corrected chi connectivity index (χ1v) is 7.60. The monoisotopic (exact) mass is 274 g/mol. The smallest absolute Gasteiger partial charge is 0.0561 e. The molecule has 1 aromatic heterocycles. The number of nitrogens with zero attached hydrogens (tertiary/aromatic N) is 1. The third-order valence-electron chi connectivity index (χ3n) is 3.27. The maximum atomic E-state index is 3.57. The lowest BCUT2D eigenvalue weighted by Gasteiger charge is -2.23. The van der Waals surface area contributed by atoms with Crippen molar-refractivity contribution in [1.29, 1.82) is 0 Å². The number of benzene rings is 1. The molecule has 1 unspecified atom stereocenters. The van der Waals surface area contributed by atoms with Crippen molar-refractivity contribution in [3.05, 3.63) is 58.3 Å². The predicted octanol–water partition coefficient (Wildman–Crippen LogP) is 3.18. The van der Waals surface area contributed by atoms with E-state index in [1.807, 2.05) is 11.3 Å². The van der Waals surface area contributed by atoms with Crippen molar-refractivity contribution >= 4 is 11.3 Å². The number of hydrogen-bond donors (Lipinski definition) is 1.